The predicted octanol–water partition coefficient (Wildman–Crippen LogP) is 2.35. The van der Waals surface area contributed by atoms with Crippen molar-refractivity contribution in [2.75, 3.05) is 7.11 Å². The van der Waals surface area contributed by atoms with Gasteiger partial charge < -0.3 is 4.74 Å². The number of methoxy groups -OCH3 is 1. The molecule has 0 aliphatic rings. The van der Waals surface area contributed by atoms with E-state index in [1.807, 2.05) is 13.8 Å². The van der Waals surface area contributed by atoms with E-state index < -0.39 is 0 Å². The van der Waals surface area contributed by atoms with E-state index in [0.717, 1.165) is 23.2 Å². The van der Waals surface area contributed by atoms with Gasteiger partial charge in [-0.05, 0) is 13.3 Å². The van der Waals surface area contributed by atoms with E-state index >= 15 is 0 Å². The van der Waals surface area contributed by atoms with Gasteiger partial charge in [0, 0.05) is 11.6 Å². The summed E-state index contributed by atoms with van der Waals surface area (Å²) in [6, 6.07) is 1.38. The van der Waals surface area contributed by atoms with Gasteiger partial charge in [0.25, 0.3) is 0 Å². The summed E-state index contributed by atoms with van der Waals surface area (Å²) >= 11 is 0. The van der Waals surface area contributed by atoms with Crippen LogP contribution in [0.4, 0.5) is 4.39 Å². The third-order valence-electron chi connectivity index (χ3n) is 2.55. The van der Waals surface area contributed by atoms with Crippen molar-refractivity contribution in [3.05, 3.63) is 29.3 Å². The predicted molar refractivity (Wildman–Crippen MR) is 55.8 cm³/mol. The number of hydrogen-bond donors (Lipinski definition) is 0. The zero-order chi connectivity index (χ0) is 11.0. The van der Waals surface area contributed by atoms with Gasteiger partial charge in [-0.15, -0.1) is 0 Å². The number of rotatable bonds is 2. The number of ether oxygens (including phenoxy) is 1. The van der Waals surface area contributed by atoms with Crippen LogP contribution in [0.3, 0.4) is 0 Å². The lowest BCUT2D eigenvalue weighted by Gasteiger charge is -2.03. The first kappa shape index (κ1) is 9.96. The second-order valence-electron chi connectivity index (χ2n) is 3.45. The van der Waals surface area contributed by atoms with Crippen LogP contribution in [-0.2, 0) is 6.42 Å². The lowest BCUT2D eigenvalue weighted by Crippen LogP contribution is -1.94. The quantitative estimate of drug-likeness (QED) is 0.757. The van der Waals surface area contributed by atoms with E-state index in [9.17, 15) is 4.39 Å². The van der Waals surface area contributed by atoms with Crippen molar-refractivity contribution in [1.29, 1.82) is 0 Å². The molecule has 2 rings (SSSR count). The maximum absolute atomic E-state index is 13.2. The molecule has 0 fully saturated rings. The normalized spacial score (nSPS) is 10.9. The Hall–Kier alpha value is -1.58. The molecular formula is C11H13FN2O. The molecule has 2 aromatic rings. The fraction of sp³-hybridized carbons (Fsp3) is 0.364. The largest absolute Gasteiger partial charge is 0.494 e. The molecule has 2 heterocycles. The molecule has 0 saturated heterocycles. The van der Waals surface area contributed by atoms with Gasteiger partial charge in [0.2, 0.25) is 0 Å². The van der Waals surface area contributed by atoms with Gasteiger partial charge in [-0.2, -0.15) is 5.10 Å². The van der Waals surface area contributed by atoms with Crippen LogP contribution in [0.5, 0.6) is 5.75 Å². The summed E-state index contributed by atoms with van der Waals surface area (Å²) in [5.41, 5.74) is 2.86. The Morgan fingerprint density at radius 1 is 1.53 bits per heavy atom. The van der Waals surface area contributed by atoms with Gasteiger partial charge in [-0.25, -0.2) is 8.91 Å². The Labute approximate surface area is 87.5 Å². The van der Waals surface area contributed by atoms with Crippen molar-refractivity contribution < 1.29 is 9.13 Å². The molecule has 0 saturated carbocycles. The van der Waals surface area contributed by atoms with Gasteiger partial charge >= 0.3 is 0 Å². The molecule has 0 aromatic carbocycles. The second kappa shape index (κ2) is 3.53. The van der Waals surface area contributed by atoms with Crippen LogP contribution in [0.25, 0.3) is 5.52 Å². The molecule has 0 unspecified atom stereocenters. The fourth-order valence-electron chi connectivity index (χ4n) is 1.79. The van der Waals surface area contributed by atoms with Crippen molar-refractivity contribution in [3.63, 3.8) is 0 Å². The van der Waals surface area contributed by atoms with Crippen molar-refractivity contribution in [2.45, 2.75) is 20.3 Å². The topological polar surface area (TPSA) is 26.5 Å². The summed E-state index contributed by atoms with van der Waals surface area (Å²) in [6.45, 7) is 4.00. The van der Waals surface area contributed by atoms with Gasteiger partial charge in [0.1, 0.15) is 17.1 Å². The number of halogens is 1. The fourth-order valence-corrected chi connectivity index (χ4v) is 1.79. The zero-order valence-corrected chi connectivity index (χ0v) is 9.04. The Bertz CT molecular complexity index is 505. The number of nitrogens with zero attached hydrogens (tertiary/aromatic N) is 2. The zero-order valence-electron chi connectivity index (χ0n) is 9.04. The number of pyridine rings is 1. The minimum atomic E-state index is -0.343. The second-order valence-corrected chi connectivity index (χ2v) is 3.45. The van der Waals surface area contributed by atoms with Crippen molar-refractivity contribution in [1.82, 2.24) is 9.61 Å². The molecule has 2 aromatic heterocycles. The SMILES string of the molecule is CCc1nn2cc(F)cc(OC)c2c1C. The molecule has 3 nitrogen and oxygen atoms in total. The highest BCUT2D eigenvalue weighted by Crippen LogP contribution is 2.26. The molecule has 0 amide bonds. The summed E-state index contributed by atoms with van der Waals surface area (Å²) in [7, 11) is 1.53. The van der Waals surface area contributed by atoms with Gasteiger partial charge in [0.15, 0.2) is 0 Å². The van der Waals surface area contributed by atoms with E-state index in [0.29, 0.717) is 5.75 Å². The number of fused-ring (bicyclic) bond motifs is 1. The molecule has 0 atom stereocenters. The average Bonchev–Trinajstić information content (AvgIpc) is 2.54. The molecule has 80 valence electrons. The molecule has 0 N–H and O–H groups in total. The Balaban J connectivity index is 2.82. The van der Waals surface area contributed by atoms with Crippen LogP contribution in [-0.4, -0.2) is 16.7 Å². The molecule has 4 heteroatoms. The van der Waals surface area contributed by atoms with Gasteiger partial charge in [-0.1, -0.05) is 6.92 Å². The number of hydrogen-bond acceptors (Lipinski definition) is 2. The summed E-state index contributed by atoms with van der Waals surface area (Å²) in [6.07, 6.45) is 2.20. The number of aromatic nitrogens is 2. The smallest absolute Gasteiger partial charge is 0.147 e. The highest BCUT2D eigenvalue weighted by atomic mass is 19.1. The standard InChI is InChI=1S/C11H13FN2O/c1-4-9-7(2)11-10(15-3)5-8(12)6-14(11)13-9/h5-6H,4H2,1-3H3. The van der Waals surface area contributed by atoms with E-state index in [1.54, 1.807) is 4.52 Å². The maximum Gasteiger partial charge on any atom is 0.147 e. The van der Waals surface area contributed by atoms with Crippen LogP contribution in [0.1, 0.15) is 18.2 Å². The monoisotopic (exact) mass is 208 g/mol. The third kappa shape index (κ3) is 1.46. The van der Waals surface area contributed by atoms with Crippen LogP contribution < -0.4 is 4.74 Å². The van der Waals surface area contributed by atoms with Crippen LogP contribution in [0, 0.1) is 12.7 Å². The first-order valence-corrected chi connectivity index (χ1v) is 4.88. The van der Waals surface area contributed by atoms with Gasteiger partial charge in [0.05, 0.1) is 19.0 Å². The Kier molecular flexibility index (Phi) is 2.34. The van der Waals surface area contributed by atoms with Crippen molar-refractivity contribution in [3.8, 4) is 5.75 Å². The minimum absolute atomic E-state index is 0.343. The van der Waals surface area contributed by atoms with Crippen LogP contribution in [0.2, 0.25) is 0 Å². The molecule has 0 spiro atoms. The first-order chi connectivity index (χ1) is 7.17. The molecule has 0 aliphatic heterocycles. The van der Waals surface area contributed by atoms with Crippen molar-refractivity contribution >= 4 is 5.52 Å². The summed E-state index contributed by atoms with van der Waals surface area (Å²) in [5.74, 6) is 0.184. The Morgan fingerprint density at radius 2 is 2.27 bits per heavy atom. The highest BCUT2D eigenvalue weighted by molar-refractivity contribution is 5.66. The minimum Gasteiger partial charge on any atom is -0.494 e. The number of aryl methyl sites for hydroxylation is 2. The van der Waals surface area contributed by atoms with Crippen molar-refractivity contribution in [2.24, 2.45) is 0 Å². The summed E-state index contributed by atoms with van der Waals surface area (Å²) < 4.78 is 19.9. The first-order valence-electron chi connectivity index (χ1n) is 4.88. The average molecular weight is 208 g/mol. The highest BCUT2D eigenvalue weighted by Gasteiger charge is 2.12. The van der Waals surface area contributed by atoms with Crippen LogP contribution >= 0.6 is 0 Å². The lowest BCUT2D eigenvalue weighted by atomic mass is 10.2. The maximum atomic E-state index is 13.2. The van der Waals surface area contributed by atoms with E-state index in [2.05, 4.69) is 5.10 Å². The van der Waals surface area contributed by atoms with Crippen LogP contribution in [0.15, 0.2) is 12.3 Å². The molecule has 0 bridgehead atoms. The molecule has 15 heavy (non-hydrogen) atoms. The van der Waals surface area contributed by atoms with E-state index in [1.165, 1.54) is 19.4 Å². The van der Waals surface area contributed by atoms with E-state index in [-0.39, 0.29) is 5.82 Å². The Morgan fingerprint density at radius 3 is 2.87 bits per heavy atom. The van der Waals surface area contributed by atoms with E-state index in [4.69, 9.17) is 4.74 Å². The molecule has 0 aliphatic carbocycles. The summed E-state index contributed by atoms with van der Waals surface area (Å²) in [4.78, 5) is 0. The molecule has 0 radical (unpaired) electrons. The third-order valence-corrected chi connectivity index (χ3v) is 2.55. The summed E-state index contributed by atoms with van der Waals surface area (Å²) in [5, 5.41) is 4.30. The lowest BCUT2D eigenvalue weighted by molar-refractivity contribution is 0.413. The molecular weight excluding hydrogens is 195 g/mol. The van der Waals surface area contributed by atoms with Gasteiger partial charge in [-0.3, -0.25) is 0 Å².